The van der Waals surface area contributed by atoms with Crippen LogP contribution in [0, 0.1) is 5.92 Å². The van der Waals surface area contributed by atoms with Crippen LogP contribution in [0.5, 0.6) is 17.2 Å². The third kappa shape index (κ3) is 4.43. The first kappa shape index (κ1) is 18.2. The molecule has 0 bridgehead atoms. The number of hydrogen-bond acceptors (Lipinski definition) is 5. The van der Waals surface area contributed by atoms with Crippen molar-refractivity contribution in [1.29, 1.82) is 0 Å². The largest absolute Gasteiger partial charge is 0.493 e. The first-order valence-electron chi connectivity index (χ1n) is 8.13. The molecule has 0 saturated carbocycles. The fourth-order valence-corrected chi connectivity index (χ4v) is 3.32. The molecule has 2 aliphatic rings. The number of nitrogens with one attached hydrogen (secondary N) is 1. The molecule has 0 aromatic heterocycles. The molecule has 1 aromatic rings. The van der Waals surface area contributed by atoms with E-state index in [0.717, 1.165) is 36.3 Å². The standard InChI is InChI=1S/C17H26N2O3.ClH/c1-18-6-3-13-4-7-19(8-5-13)11-14-9-15(20-2)17-16(10-14)21-12-22-17;/h9-10,13,18H,3-8,11-12H2,1-2H3;1H. The minimum absolute atomic E-state index is 0. The Kier molecular flexibility index (Phi) is 6.81. The van der Waals surface area contributed by atoms with Crippen LogP contribution in [-0.2, 0) is 6.54 Å². The van der Waals surface area contributed by atoms with Gasteiger partial charge in [0, 0.05) is 6.54 Å². The molecule has 5 nitrogen and oxygen atoms in total. The molecular weight excluding hydrogens is 316 g/mol. The minimum Gasteiger partial charge on any atom is -0.493 e. The fourth-order valence-electron chi connectivity index (χ4n) is 3.32. The van der Waals surface area contributed by atoms with E-state index in [2.05, 4.69) is 22.3 Å². The van der Waals surface area contributed by atoms with E-state index >= 15 is 0 Å². The molecule has 0 spiro atoms. The summed E-state index contributed by atoms with van der Waals surface area (Å²) >= 11 is 0. The topological polar surface area (TPSA) is 43.0 Å². The van der Waals surface area contributed by atoms with Gasteiger partial charge in [0.25, 0.3) is 0 Å². The molecule has 130 valence electrons. The van der Waals surface area contributed by atoms with Gasteiger partial charge >= 0.3 is 0 Å². The minimum atomic E-state index is 0. The zero-order valence-corrected chi connectivity index (χ0v) is 14.8. The number of fused-ring (bicyclic) bond motifs is 1. The average molecular weight is 343 g/mol. The highest BCUT2D eigenvalue weighted by Gasteiger charge is 2.22. The van der Waals surface area contributed by atoms with Crippen molar-refractivity contribution in [1.82, 2.24) is 10.2 Å². The lowest BCUT2D eigenvalue weighted by molar-refractivity contribution is 0.170. The number of ether oxygens (including phenoxy) is 3. The van der Waals surface area contributed by atoms with Crippen molar-refractivity contribution in [2.45, 2.75) is 25.8 Å². The van der Waals surface area contributed by atoms with E-state index < -0.39 is 0 Å². The molecular formula is C17H27ClN2O3. The van der Waals surface area contributed by atoms with Crippen LogP contribution in [0.25, 0.3) is 0 Å². The van der Waals surface area contributed by atoms with E-state index in [4.69, 9.17) is 14.2 Å². The Bertz CT molecular complexity index is 505. The first-order chi connectivity index (χ1) is 10.8. The number of piperidine rings is 1. The van der Waals surface area contributed by atoms with Crippen LogP contribution in [0.1, 0.15) is 24.8 Å². The number of hydrogen-bond donors (Lipinski definition) is 1. The van der Waals surface area contributed by atoms with Gasteiger partial charge < -0.3 is 19.5 Å². The van der Waals surface area contributed by atoms with Crippen LogP contribution < -0.4 is 19.5 Å². The molecule has 0 atom stereocenters. The zero-order valence-electron chi connectivity index (χ0n) is 14.0. The van der Waals surface area contributed by atoms with E-state index in [9.17, 15) is 0 Å². The predicted molar refractivity (Wildman–Crippen MR) is 92.9 cm³/mol. The molecule has 1 aromatic carbocycles. The predicted octanol–water partition coefficient (Wildman–Crippen LogP) is 2.67. The highest BCUT2D eigenvalue weighted by Crippen LogP contribution is 2.42. The molecule has 0 amide bonds. The summed E-state index contributed by atoms with van der Waals surface area (Å²) in [5.41, 5.74) is 1.23. The summed E-state index contributed by atoms with van der Waals surface area (Å²) in [5, 5.41) is 3.25. The molecule has 0 aliphatic carbocycles. The molecule has 6 heteroatoms. The third-order valence-corrected chi connectivity index (χ3v) is 4.63. The maximum Gasteiger partial charge on any atom is 0.231 e. The highest BCUT2D eigenvalue weighted by molar-refractivity contribution is 5.85. The average Bonchev–Trinajstić information content (AvgIpc) is 3.02. The number of likely N-dealkylation sites (tertiary alicyclic amines) is 1. The van der Waals surface area contributed by atoms with Crippen LogP contribution in [0.15, 0.2) is 12.1 Å². The van der Waals surface area contributed by atoms with E-state index in [-0.39, 0.29) is 19.2 Å². The molecule has 2 aliphatic heterocycles. The number of methoxy groups -OCH3 is 1. The monoisotopic (exact) mass is 342 g/mol. The van der Waals surface area contributed by atoms with Gasteiger partial charge in [-0.2, -0.15) is 0 Å². The smallest absolute Gasteiger partial charge is 0.231 e. The molecule has 1 N–H and O–H groups in total. The third-order valence-electron chi connectivity index (χ3n) is 4.63. The molecule has 3 rings (SSSR count). The lowest BCUT2D eigenvalue weighted by atomic mass is 9.93. The van der Waals surface area contributed by atoms with E-state index in [1.807, 2.05) is 7.05 Å². The maximum atomic E-state index is 5.50. The summed E-state index contributed by atoms with van der Waals surface area (Å²) in [6.45, 7) is 4.71. The Balaban J connectivity index is 0.00000192. The van der Waals surface area contributed by atoms with E-state index in [1.54, 1.807) is 7.11 Å². The van der Waals surface area contributed by atoms with Gasteiger partial charge in [-0.05, 0) is 69.6 Å². The van der Waals surface area contributed by atoms with Crippen LogP contribution in [0.2, 0.25) is 0 Å². The summed E-state index contributed by atoms with van der Waals surface area (Å²) in [4.78, 5) is 2.52. The Hall–Kier alpha value is -1.17. The SMILES string of the molecule is CNCCC1CCN(Cc2cc(OC)c3c(c2)OCO3)CC1.Cl. The van der Waals surface area contributed by atoms with Crippen molar-refractivity contribution >= 4 is 12.4 Å². The van der Waals surface area contributed by atoms with Crippen LogP contribution in [0.4, 0.5) is 0 Å². The summed E-state index contributed by atoms with van der Waals surface area (Å²) in [5.74, 6) is 3.18. The first-order valence-corrected chi connectivity index (χ1v) is 8.13. The van der Waals surface area contributed by atoms with Gasteiger partial charge in [-0.3, -0.25) is 4.90 Å². The molecule has 1 saturated heterocycles. The molecule has 23 heavy (non-hydrogen) atoms. The molecule has 0 unspecified atom stereocenters. The van der Waals surface area contributed by atoms with Gasteiger partial charge in [-0.1, -0.05) is 0 Å². The van der Waals surface area contributed by atoms with Gasteiger partial charge in [0.05, 0.1) is 7.11 Å². The summed E-state index contributed by atoms with van der Waals surface area (Å²) < 4.78 is 16.4. The number of rotatable bonds is 6. The van der Waals surface area contributed by atoms with Crippen molar-refractivity contribution in [3.63, 3.8) is 0 Å². The van der Waals surface area contributed by atoms with Gasteiger partial charge in [0.15, 0.2) is 11.5 Å². The second-order valence-corrected chi connectivity index (χ2v) is 6.14. The molecule has 2 heterocycles. The zero-order chi connectivity index (χ0) is 15.4. The van der Waals surface area contributed by atoms with Crippen molar-refractivity contribution in [3.8, 4) is 17.2 Å². The normalized spacial score (nSPS) is 17.8. The second-order valence-electron chi connectivity index (χ2n) is 6.14. The summed E-state index contributed by atoms with van der Waals surface area (Å²) in [6.07, 6.45) is 3.88. The number of benzene rings is 1. The van der Waals surface area contributed by atoms with Crippen molar-refractivity contribution in [3.05, 3.63) is 17.7 Å². The van der Waals surface area contributed by atoms with Crippen molar-refractivity contribution in [2.75, 3.05) is 40.6 Å². The Morgan fingerprint density at radius 1 is 1.26 bits per heavy atom. The Morgan fingerprint density at radius 2 is 2.04 bits per heavy atom. The number of nitrogens with zero attached hydrogens (tertiary/aromatic N) is 1. The Labute approximate surface area is 144 Å². The van der Waals surface area contributed by atoms with Crippen LogP contribution in [-0.4, -0.2) is 45.5 Å². The van der Waals surface area contributed by atoms with Gasteiger partial charge in [0.2, 0.25) is 12.5 Å². The Morgan fingerprint density at radius 3 is 2.74 bits per heavy atom. The van der Waals surface area contributed by atoms with Crippen molar-refractivity contribution in [2.24, 2.45) is 5.92 Å². The molecule has 1 fully saturated rings. The maximum absolute atomic E-state index is 5.50. The van der Waals surface area contributed by atoms with Crippen molar-refractivity contribution < 1.29 is 14.2 Å². The highest BCUT2D eigenvalue weighted by atomic mass is 35.5. The summed E-state index contributed by atoms with van der Waals surface area (Å²) in [6, 6.07) is 4.15. The summed E-state index contributed by atoms with van der Waals surface area (Å²) in [7, 11) is 3.70. The van der Waals surface area contributed by atoms with Gasteiger partial charge in [0.1, 0.15) is 0 Å². The lowest BCUT2D eigenvalue weighted by Gasteiger charge is -2.32. The van der Waals surface area contributed by atoms with E-state index in [1.165, 1.54) is 37.9 Å². The van der Waals surface area contributed by atoms with Gasteiger partial charge in [-0.25, -0.2) is 0 Å². The van der Waals surface area contributed by atoms with E-state index in [0.29, 0.717) is 0 Å². The van der Waals surface area contributed by atoms with Crippen LogP contribution >= 0.6 is 12.4 Å². The van der Waals surface area contributed by atoms with Gasteiger partial charge in [-0.15, -0.1) is 12.4 Å². The second kappa shape index (κ2) is 8.62. The number of halogens is 1. The van der Waals surface area contributed by atoms with Crippen LogP contribution in [0.3, 0.4) is 0 Å². The lowest BCUT2D eigenvalue weighted by Crippen LogP contribution is -2.34. The fraction of sp³-hybridized carbons (Fsp3) is 0.647. The molecule has 0 radical (unpaired) electrons. The quantitative estimate of drug-likeness (QED) is 0.861.